The van der Waals surface area contributed by atoms with Crippen LogP contribution < -0.4 is 10.5 Å². The molecule has 0 heterocycles. The molecule has 0 amide bonds. The third-order valence-electron chi connectivity index (χ3n) is 1.89. The van der Waals surface area contributed by atoms with E-state index in [1.54, 1.807) is 6.92 Å². The van der Waals surface area contributed by atoms with Crippen LogP contribution in [0.4, 0.5) is 11.4 Å². The van der Waals surface area contributed by atoms with Gasteiger partial charge in [-0.3, -0.25) is 4.21 Å². The average molecular weight is 229 g/mol. The number of anilines is 2. The molecule has 0 aliphatic rings. The number of rotatable bonds is 3. The molecule has 0 aliphatic carbocycles. The predicted octanol–water partition coefficient (Wildman–Crippen LogP) is 0.481. The first kappa shape index (κ1) is 11.5. The third-order valence-corrected chi connectivity index (χ3v) is 2.27. The Labute approximate surface area is 88.5 Å². The molecular weight excluding hydrogens is 220 g/mol. The second kappa shape index (κ2) is 4.28. The van der Waals surface area contributed by atoms with Gasteiger partial charge in [0.25, 0.3) is 0 Å². The molecule has 7 heteroatoms. The fourth-order valence-corrected chi connectivity index (χ4v) is 1.45. The highest BCUT2D eigenvalue weighted by molar-refractivity contribution is 7.80. The highest BCUT2D eigenvalue weighted by atomic mass is 32.2. The van der Waals surface area contributed by atoms with Gasteiger partial charge in [-0.25, -0.2) is 4.79 Å². The van der Waals surface area contributed by atoms with Gasteiger partial charge in [-0.1, -0.05) is 0 Å². The molecule has 4 N–H and O–H groups in total. The largest absolute Gasteiger partial charge is 0.755 e. The fraction of sp³-hybridized carbons (Fsp3) is 0.125. The van der Waals surface area contributed by atoms with Gasteiger partial charge in [0.15, 0.2) is 0 Å². The Morgan fingerprint density at radius 3 is 2.67 bits per heavy atom. The second-order valence-corrected chi connectivity index (χ2v) is 3.55. The highest BCUT2D eigenvalue weighted by Crippen LogP contribution is 2.23. The topological polar surface area (TPSA) is 115 Å². The third kappa shape index (κ3) is 2.67. The van der Waals surface area contributed by atoms with Gasteiger partial charge in [0, 0.05) is 17.0 Å². The van der Waals surface area contributed by atoms with Crippen molar-refractivity contribution in [1.82, 2.24) is 0 Å². The average Bonchev–Trinajstić information content (AvgIpc) is 2.11. The first-order valence-electron chi connectivity index (χ1n) is 3.91. The number of hydrogen-bond acceptors (Lipinski definition) is 4. The van der Waals surface area contributed by atoms with Crippen LogP contribution in [0, 0.1) is 6.92 Å². The zero-order valence-corrected chi connectivity index (χ0v) is 8.63. The molecule has 0 spiro atoms. The predicted molar refractivity (Wildman–Crippen MR) is 55.1 cm³/mol. The molecule has 1 aromatic rings. The number of carbonyl (C=O) groups is 1. The summed E-state index contributed by atoms with van der Waals surface area (Å²) >= 11 is -2.51. The summed E-state index contributed by atoms with van der Waals surface area (Å²) in [6.45, 7) is 1.59. The second-order valence-electron chi connectivity index (χ2n) is 2.88. The molecule has 0 aliphatic heterocycles. The van der Waals surface area contributed by atoms with Crippen LogP contribution in [0.1, 0.15) is 15.9 Å². The van der Waals surface area contributed by atoms with Crippen molar-refractivity contribution in [2.45, 2.75) is 6.92 Å². The Morgan fingerprint density at radius 2 is 2.20 bits per heavy atom. The van der Waals surface area contributed by atoms with E-state index in [9.17, 15) is 13.6 Å². The monoisotopic (exact) mass is 229 g/mol. The molecule has 0 fully saturated rings. The molecule has 82 valence electrons. The van der Waals surface area contributed by atoms with Crippen molar-refractivity contribution >= 4 is 28.6 Å². The standard InChI is InChI=1S/C8H10N2O4S/c1-4-6(9)2-5(8(11)12)3-7(4)10-15(13)14/h2-3,10H,9H2,1H3,(H,11,12)(H,13,14)/p-1. The summed E-state index contributed by atoms with van der Waals surface area (Å²) in [5, 5.41) is 8.72. The number of nitrogen functional groups attached to an aromatic ring is 1. The van der Waals surface area contributed by atoms with Crippen LogP contribution in [-0.4, -0.2) is 19.8 Å². The lowest BCUT2D eigenvalue weighted by Crippen LogP contribution is -2.08. The lowest BCUT2D eigenvalue weighted by atomic mass is 10.1. The Kier molecular flexibility index (Phi) is 3.28. The minimum absolute atomic E-state index is 0.0638. The van der Waals surface area contributed by atoms with E-state index in [-0.39, 0.29) is 16.9 Å². The maximum atomic E-state index is 10.7. The Balaban J connectivity index is 3.24. The lowest BCUT2D eigenvalue weighted by Gasteiger charge is -2.13. The lowest BCUT2D eigenvalue weighted by molar-refractivity contribution is 0.0697. The van der Waals surface area contributed by atoms with Gasteiger partial charge >= 0.3 is 5.97 Å². The fourth-order valence-electron chi connectivity index (χ4n) is 1.06. The summed E-state index contributed by atoms with van der Waals surface area (Å²) in [5.74, 6) is -1.17. The van der Waals surface area contributed by atoms with E-state index >= 15 is 0 Å². The first-order valence-corrected chi connectivity index (χ1v) is 4.98. The molecule has 1 rings (SSSR count). The zero-order chi connectivity index (χ0) is 11.6. The molecule has 1 aromatic carbocycles. The van der Waals surface area contributed by atoms with Crippen molar-refractivity contribution in [3.63, 3.8) is 0 Å². The van der Waals surface area contributed by atoms with Gasteiger partial charge in [-0.15, -0.1) is 0 Å². The van der Waals surface area contributed by atoms with Gasteiger partial charge in [0.1, 0.15) is 0 Å². The van der Waals surface area contributed by atoms with Crippen LogP contribution >= 0.6 is 0 Å². The minimum atomic E-state index is -2.51. The van der Waals surface area contributed by atoms with E-state index in [0.29, 0.717) is 5.56 Å². The van der Waals surface area contributed by atoms with Crippen LogP contribution in [-0.2, 0) is 11.3 Å². The number of benzene rings is 1. The van der Waals surface area contributed by atoms with Crippen LogP contribution in [0.15, 0.2) is 12.1 Å². The molecule has 1 atom stereocenters. The Bertz CT molecular complexity index is 433. The number of carboxylic acid groups (broad SMARTS) is 1. The summed E-state index contributed by atoms with van der Waals surface area (Å²) in [5.41, 5.74) is 6.35. The summed E-state index contributed by atoms with van der Waals surface area (Å²) < 4.78 is 22.9. The van der Waals surface area contributed by atoms with Crippen molar-refractivity contribution in [3.05, 3.63) is 23.3 Å². The number of nitrogens with one attached hydrogen (secondary N) is 1. The van der Waals surface area contributed by atoms with Crippen molar-refractivity contribution in [2.24, 2.45) is 0 Å². The van der Waals surface area contributed by atoms with E-state index < -0.39 is 17.2 Å². The SMILES string of the molecule is Cc1c(N)cc(C(=O)O)cc1NS(=O)[O-]. The minimum Gasteiger partial charge on any atom is -0.755 e. The van der Waals surface area contributed by atoms with E-state index in [2.05, 4.69) is 4.72 Å². The number of aromatic carboxylic acids is 1. The van der Waals surface area contributed by atoms with Crippen LogP contribution in [0.25, 0.3) is 0 Å². The van der Waals surface area contributed by atoms with Gasteiger partial charge in [-0.2, -0.15) is 0 Å². The normalized spacial score (nSPS) is 12.1. The summed E-state index contributed by atoms with van der Waals surface area (Å²) in [6, 6.07) is 2.49. The van der Waals surface area contributed by atoms with Crippen molar-refractivity contribution in [3.8, 4) is 0 Å². The van der Waals surface area contributed by atoms with E-state index in [0.717, 1.165) is 0 Å². The van der Waals surface area contributed by atoms with Gasteiger partial charge in [0.05, 0.1) is 11.3 Å². The Hall–Kier alpha value is -1.60. The zero-order valence-electron chi connectivity index (χ0n) is 7.81. The van der Waals surface area contributed by atoms with Crippen molar-refractivity contribution in [2.75, 3.05) is 10.5 Å². The number of hydrogen-bond donors (Lipinski definition) is 3. The maximum absolute atomic E-state index is 10.7. The smallest absolute Gasteiger partial charge is 0.335 e. The molecule has 15 heavy (non-hydrogen) atoms. The maximum Gasteiger partial charge on any atom is 0.335 e. The van der Waals surface area contributed by atoms with Crippen molar-refractivity contribution in [1.29, 1.82) is 0 Å². The van der Waals surface area contributed by atoms with Crippen LogP contribution in [0.3, 0.4) is 0 Å². The quantitative estimate of drug-likeness (QED) is 0.515. The van der Waals surface area contributed by atoms with Gasteiger partial charge in [0.2, 0.25) is 0 Å². The number of carboxylic acids is 1. The molecule has 6 nitrogen and oxygen atoms in total. The molecule has 0 aromatic heterocycles. The van der Waals surface area contributed by atoms with E-state index in [4.69, 9.17) is 10.8 Å². The molecule has 0 bridgehead atoms. The number of nitrogens with two attached hydrogens (primary N) is 1. The molecule has 1 unspecified atom stereocenters. The van der Waals surface area contributed by atoms with E-state index in [1.165, 1.54) is 12.1 Å². The van der Waals surface area contributed by atoms with Gasteiger partial charge in [-0.05, 0) is 24.6 Å². The molecular formula is C8H9N2O4S-. The summed E-state index contributed by atoms with van der Waals surface area (Å²) in [7, 11) is 0. The van der Waals surface area contributed by atoms with Gasteiger partial charge < -0.3 is 20.1 Å². The molecule has 0 saturated carbocycles. The van der Waals surface area contributed by atoms with Crippen LogP contribution in [0.5, 0.6) is 0 Å². The Morgan fingerprint density at radius 1 is 1.60 bits per heavy atom. The van der Waals surface area contributed by atoms with E-state index in [1.807, 2.05) is 0 Å². The first-order chi connectivity index (χ1) is 6.91. The highest BCUT2D eigenvalue weighted by Gasteiger charge is 2.09. The molecule has 0 saturated heterocycles. The van der Waals surface area contributed by atoms with Crippen LogP contribution in [0.2, 0.25) is 0 Å². The van der Waals surface area contributed by atoms with Crippen molar-refractivity contribution < 1.29 is 18.7 Å². The molecule has 0 radical (unpaired) electrons. The summed E-state index contributed by atoms with van der Waals surface area (Å²) in [4.78, 5) is 10.7. The summed E-state index contributed by atoms with van der Waals surface area (Å²) in [6.07, 6.45) is 0.